The van der Waals surface area contributed by atoms with E-state index in [-0.39, 0.29) is 11.3 Å². The minimum Gasteiger partial charge on any atom is -0.487 e. The van der Waals surface area contributed by atoms with Crippen LogP contribution in [-0.2, 0) is 16.8 Å². The number of aromatic nitrogens is 1. The van der Waals surface area contributed by atoms with Crippen molar-refractivity contribution in [2.75, 3.05) is 6.54 Å². The number of ether oxygens (including phenoxy) is 1. The summed E-state index contributed by atoms with van der Waals surface area (Å²) >= 11 is 1.62. The molecule has 1 saturated carbocycles. The van der Waals surface area contributed by atoms with E-state index in [1.54, 1.807) is 17.4 Å². The molecule has 0 aliphatic heterocycles. The summed E-state index contributed by atoms with van der Waals surface area (Å²) in [7, 11) is 0. The number of aryl methyl sites for hydroxylation is 1. The highest BCUT2D eigenvalue weighted by atomic mass is 32.1. The first-order chi connectivity index (χ1) is 14.1. The molecule has 1 heterocycles. The number of hydrogen-bond acceptors (Lipinski definition) is 4. The molecule has 0 unspecified atom stereocenters. The molecular formula is C24H24N2O2S. The highest BCUT2D eigenvalue weighted by molar-refractivity contribution is 7.09. The summed E-state index contributed by atoms with van der Waals surface area (Å²) in [6.07, 6.45) is 5.67. The van der Waals surface area contributed by atoms with E-state index in [1.165, 1.54) is 5.56 Å². The Balaban J connectivity index is 1.26. The molecule has 4 nitrogen and oxygen atoms in total. The number of carbonyl (C=O) groups excluding carboxylic acids is 1. The first kappa shape index (κ1) is 19.4. The van der Waals surface area contributed by atoms with Gasteiger partial charge in [-0.15, -0.1) is 11.3 Å². The van der Waals surface area contributed by atoms with Gasteiger partial charge in [-0.1, -0.05) is 42.5 Å². The van der Waals surface area contributed by atoms with Crippen LogP contribution in [0.25, 0.3) is 6.08 Å². The lowest BCUT2D eigenvalue weighted by atomic mass is 9.96. The van der Waals surface area contributed by atoms with E-state index in [1.807, 2.05) is 48.7 Å². The zero-order chi connectivity index (χ0) is 20.1. The molecule has 0 radical (unpaired) electrons. The quantitative estimate of drug-likeness (QED) is 0.544. The van der Waals surface area contributed by atoms with Crippen LogP contribution < -0.4 is 10.1 Å². The predicted molar refractivity (Wildman–Crippen MR) is 117 cm³/mol. The summed E-state index contributed by atoms with van der Waals surface area (Å²) in [5.74, 6) is 0.724. The van der Waals surface area contributed by atoms with E-state index in [0.29, 0.717) is 13.2 Å². The number of amides is 1. The van der Waals surface area contributed by atoms with Gasteiger partial charge in [-0.2, -0.15) is 0 Å². The molecule has 0 spiro atoms. The van der Waals surface area contributed by atoms with Gasteiger partial charge >= 0.3 is 0 Å². The number of benzene rings is 2. The summed E-state index contributed by atoms with van der Waals surface area (Å²) in [4.78, 5) is 16.6. The Kier molecular flexibility index (Phi) is 5.76. The second-order valence-electron chi connectivity index (χ2n) is 7.41. The highest BCUT2D eigenvalue weighted by Gasteiger charge is 2.43. The molecular weight excluding hydrogens is 380 g/mol. The molecule has 5 heteroatoms. The lowest BCUT2D eigenvalue weighted by molar-refractivity contribution is -0.116. The Labute approximate surface area is 175 Å². The minimum absolute atomic E-state index is 0.0635. The maximum absolute atomic E-state index is 12.2. The Morgan fingerprint density at radius 2 is 1.93 bits per heavy atom. The molecule has 29 heavy (non-hydrogen) atoms. The maximum atomic E-state index is 12.2. The van der Waals surface area contributed by atoms with E-state index in [4.69, 9.17) is 4.74 Å². The molecule has 1 aliphatic rings. The first-order valence-corrected chi connectivity index (χ1v) is 10.7. The van der Waals surface area contributed by atoms with Crippen molar-refractivity contribution in [2.45, 2.75) is 31.8 Å². The average molecular weight is 405 g/mol. The number of rotatable bonds is 8. The van der Waals surface area contributed by atoms with E-state index >= 15 is 0 Å². The highest BCUT2D eigenvalue weighted by Crippen LogP contribution is 2.47. The van der Waals surface area contributed by atoms with Gasteiger partial charge in [-0.3, -0.25) is 4.79 Å². The second kappa shape index (κ2) is 8.62. The van der Waals surface area contributed by atoms with Crippen LogP contribution in [0.1, 0.15) is 34.7 Å². The molecule has 1 N–H and O–H groups in total. The Bertz CT molecular complexity index is 989. The van der Waals surface area contributed by atoms with Crippen LogP contribution in [0.2, 0.25) is 0 Å². The number of carbonyl (C=O) groups is 1. The average Bonchev–Trinajstić information content (AvgIpc) is 3.44. The lowest BCUT2D eigenvalue weighted by Gasteiger charge is -2.15. The van der Waals surface area contributed by atoms with Crippen LogP contribution in [0.5, 0.6) is 5.75 Å². The van der Waals surface area contributed by atoms with Gasteiger partial charge in [0.05, 0.1) is 10.7 Å². The zero-order valence-corrected chi connectivity index (χ0v) is 17.2. The molecule has 1 fully saturated rings. The van der Waals surface area contributed by atoms with E-state index in [0.717, 1.165) is 34.9 Å². The van der Waals surface area contributed by atoms with Gasteiger partial charge in [-0.25, -0.2) is 4.98 Å². The molecule has 3 aromatic rings. The van der Waals surface area contributed by atoms with E-state index in [2.05, 4.69) is 34.6 Å². The normalized spacial score (nSPS) is 14.7. The monoisotopic (exact) mass is 404 g/mol. The first-order valence-electron chi connectivity index (χ1n) is 9.78. The van der Waals surface area contributed by atoms with Gasteiger partial charge in [0.2, 0.25) is 5.91 Å². The smallest absolute Gasteiger partial charge is 0.244 e. The third kappa shape index (κ3) is 5.12. The van der Waals surface area contributed by atoms with Crippen molar-refractivity contribution in [1.82, 2.24) is 10.3 Å². The minimum atomic E-state index is -0.0635. The number of nitrogens with one attached hydrogen (secondary N) is 1. The van der Waals surface area contributed by atoms with Crippen LogP contribution in [-0.4, -0.2) is 17.4 Å². The van der Waals surface area contributed by atoms with Crippen molar-refractivity contribution in [3.8, 4) is 5.75 Å². The lowest BCUT2D eigenvalue weighted by Crippen LogP contribution is -2.30. The van der Waals surface area contributed by atoms with Crippen molar-refractivity contribution in [1.29, 1.82) is 0 Å². The van der Waals surface area contributed by atoms with Crippen molar-refractivity contribution < 1.29 is 9.53 Å². The third-order valence-electron chi connectivity index (χ3n) is 5.20. The summed E-state index contributed by atoms with van der Waals surface area (Å²) < 4.78 is 5.75. The number of nitrogens with zero attached hydrogens (tertiary/aromatic N) is 1. The zero-order valence-electron chi connectivity index (χ0n) is 16.4. The van der Waals surface area contributed by atoms with E-state index < -0.39 is 0 Å². The van der Waals surface area contributed by atoms with Crippen LogP contribution >= 0.6 is 11.3 Å². The molecule has 0 saturated heterocycles. The Morgan fingerprint density at radius 3 is 2.59 bits per heavy atom. The van der Waals surface area contributed by atoms with Gasteiger partial charge in [0.1, 0.15) is 12.4 Å². The van der Waals surface area contributed by atoms with Crippen LogP contribution in [0.3, 0.4) is 0 Å². The largest absolute Gasteiger partial charge is 0.487 e. The van der Waals surface area contributed by atoms with Gasteiger partial charge < -0.3 is 10.1 Å². The summed E-state index contributed by atoms with van der Waals surface area (Å²) in [6, 6.07) is 18.1. The topological polar surface area (TPSA) is 51.2 Å². The van der Waals surface area contributed by atoms with Crippen LogP contribution in [0, 0.1) is 6.92 Å². The molecule has 1 aliphatic carbocycles. The van der Waals surface area contributed by atoms with E-state index in [9.17, 15) is 4.79 Å². The fraction of sp³-hybridized carbons (Fsp3) is 0.250. The van der Waals surface area contributed by atoms with Crippen molar-refractivity contribution in [2.24, 2.45) is 0 Å². The Hall–Kier alpha value is -2.92. The van der Waals surface area contributed by atoms with Crippen molar-refractivity contribution in [3.05, 3.63) is 87.9 Å². The van der Waals surface area contributed by atoms with Crippen LogP contribution in [0.15, 0.2) is 66.1 Å². The summed E-state index contributed by atoms with van der Waals surface area (Å²) in [5, 5.41) is 6.10. The van der Waals surface area contributed by atoms with Gasteiger partial charge in [0.25, 0.3) is 0 Å². The SMILES string of the molecule is Cc1nc(COc2ccc(/C=C/C(=O)NCC3(c4ccccc4)CC3)cc2)cs1. The van der Waals surface area contributed by atoms with Crippen molar-refractivity contribution >= 4 is 23.3 Å². The molecule has 1 aromatic heterocycles. The second-order valence-corrected chi connectivity index (χ2v) is 8.48. The van der Waals surface area contributed by atoms with Gasteiger partial charge in [0.15, 0.2) is 0 Å². The van der Waals surface area contributed by atoms with Crippen molar-refractivity contribution in [3.63, 3.8) is 0 Å². The number of thiazole rings is 1. The van der Waals surface area contributed by atoms with Gasteiger partial charge in [0, 0.05) is 23.4 Å². The maximum Gasteiger partial charge on any atom is 0.244 e. The fourth-order valence-electron chi connectivity index (χ4n) is 3.30. The van der Waals surface area contributed by atoms with Crippen LogP contribution in [0.4, 0.5) is 0 Å². The summed E-state index contributed by atoms with van der Waals surface area (Å²) in [5.41, 5.74) is 3.34. The Morgan fingerprint density at radius 1 is 1.17 bits per heavy atom. The number of hydrogen-bond donors (Lipinski definition) is 1. The predicted octanol–water partition coefficient (Wildman–Crippen LogP) is 4.89. The summed E-state index contributed by atoms with van der Waals surface area (Å²) in [6.45, 7) is 3.13. The van der Waals surface area contributed by atoms with Gasteiger partial charge in [-0.05, 0) is 49.1 Å². The molecule has 0 atom stereocenters. The fourth-order valence-corrected chi connectivity index (χ4v) is 3.90. The molecule has 2 aromatic carbocycles. The standard InChI is InChI=1S/C24H24N2O2S/c1-18-26-21(16-29-18)15-28-22-10-7-19(8-11-22)9-12-23(27)25-17-24(13-14-24)20-5-3-2-4-6-20/h2-12,16H,13-15,17H2,1H3,(H,25,27)/b12-9+. The molecule has 0 bridgehead atoms. The molecule has 1 amide bonds. The molecule has 4 rings (SSSR count). The molecule has 148 valence electrons. The third-order valence-corrected chi connectivity index (χ3v) is 6.02.